The number of allylic oxidation sites excluding steroid dienone is 5. The lowest BCUT2D eigenvalue weighted by Crippen LogP contribution is -1.91. The number of benzene rings is 3. The highest BCUT2D eigenvalue weighted by Gasteiger charge is 2.04. The van der Waals surface area contributed by atoms with Crippen LogP contribution in [0.1, 0.15) is 72.2 Å². The SMILES string of the molecule is C=C(C)c1cc(C/C(C)=C\C=C(/C)c2cc(C)ccc2C)ccc1S.CCc1cccc(C)c1C. The second-order valence-corrected chi connectivity index (χ2v) is 10.2. The maximum Gasteiger partial charge on any atom is 0.0115 e. The van der Waals surface area contributed by atoms with E-state index in [0.29, 0.717) is 0 Å². The molecule has 0 aromatic heterocycles. The molecule has 35 heavy (non-hydrogen) atoms. The fraction of sp³-hybridized carbons (Fsp3) is 0.294. The highest BCUT2D eigenvalue weighted by Crippen LogP contribution is 2.24. The zero-order valence-electron chi connectivity index (χ0n) is 22.9. The lowest BCUT2D eigenvalue weighted by Gasteiger charge is -2.09. The van der Waals surface area contributed by atoms with Crippen LogP contribution in [0.2, 0.25) is 0 Å². The summed E-state index contributed by atoms with van der Waals surface area (Å²) in [5.74, 6) is 0. The van der Waals surface area contributed by atoms with E-state index < -0.39 is 0 Å². The molecule has 0 nitrogen and oxygen atoms in total. The molecule has 0 saturated carbocycles. The first kappa shape index (κ1) is 28.5. The van der Waals surface area contributed by atoms with Crippen LogP contribution in [0.15, 0.2) is 83.8 Å². The molecule has 0 N–H and O–H groups in total. The van der Waals surface area contributed by atoms with E-state index in [-0.39, 0.29) is 0 Å². The monoisotopic (exact) mass is 482 g/mol. The fourth-order valence-electron chi connectivity index (χ4n) is 4.13. The van der Waals surface area contributed by atoms with E-state index in [9.17, 15) is 0 Å². The third kappa shape index (κ3) is 8.44. The molecule has 0 aliphatic heterocycles. The summed E-state index contributed by atoms with van der Waals surface area (Å²) in [5.41, 5.74) is 14.4. The molecular formula is C34H42S. The number of hydrogen-bond donors (Lipinski definition) is 1. The standard InChI is InChI=1S/C24H28S.C10H14/c1-16(2)22-15-21(11-12-24(22)25)13-17(3)7-9-19(5)23-14-18(4)8-10-20(23)6;1-4-10-7-5-6-8(2)9(10)3/h7-12,14-15,25H,1,13H2,2-6H3;5-7H,4H2,1-3H3/b17-7-,19-9+;. The highest BCUT2D eigenvalue weighted by atomic mass is 32.1. The topological polar surface area (TPSA) is 0 Å². The van der Waals surface area contributed by atoms with Gasteiger partial charge in [-0.25, -0.2) is 0 Å². The van der Waals surface area contributed by atoms with Crippen molar-refractivity contribution in [2.45, 2.75) is 73.1 Å². The lowest BCUT2D eigenvalue weighted by molar-refractivity contribution is 1.09. The van der Waals surface area contributed by atoms with Gasteiger partial charge in [0, 0.05) is 4.90 Å². The molecule has 0 amide bonds. The Morgan fingerprint density at radius 3 is 2.17 bits per heavy atom. The van der Waals surface area contributed by atoms with Crippen molar-refractivity contribution in [1.82, 2.24) is 0 Å². The molecule has 3 rings (SSSR count). The van der Waals surface area contributed by atoms with Crippen LogP contribution in [0.4, 0.5) is 0 Å². The number of rotatable bonds is 6. The van der Waals surface area contributed by atoms with Gasteiger partial charge in [0.1, 0.15) is 0 Å². The third-order valence-corrected chi connectivity index (χ3v) is 6.93. The number of hydrogen-bond acceptors (Lipinski definition) is 1. The van der Waals surface area contributed by atoms with Crippen LogP contribution in [0, 0.1) is 27.7 Å². The fourth-order valence-corrected chi connectivity index (χ4v) is 4.46. The van der Waals surface area contributed by atoms with Crippen molar-refractivity contribution in [1.29, 1.82) is 0 Å². The van der Waals surface area contributed by atoms with Gasteiger partial charge in [0.25, 0.3) is 0 Å². The van der Waals surface area contributed by atoms with Crippen LogP contribution in [0.25, 0.3) is 11.1 Å². The Bertz CT molecular complexity index is 1240. The van der Waals surface area contributed by atoms with Crippen LogP contribution < -0.4 is 0 Å². The average molecular weight is 483 g/mol. The van der Waals surface area contributed by atoms with Crippen LogP contribution in [0.3, 0.4) is 0 Å². The van der Waals surface area contributed by atoms with Gasteiger partial charge in [0.15, 0.2) is 0 Å². The Morgan fingerprint density at radius 2 is 1.54 bits per heavy atom. The second-order valence-electron chi connectivity index (χ2n) is 9.70. The summed E-state index contributed by atoms with van der Waals surface area (Å²) in [5, 5.41) is 0. The molecule has 3 aromatic carbocycles. The van der Waals surface area contributed by atoms with Crippen LogP contribution in [-0.4, -0.2) is 0 Å². The Hall–Kier alpha value is -2.77. The molecule has 3 aromatic rings. The summed E-state index contributed by atoms with van der Waals surface area (Å²) in [6, 6.07) is 19.5. The van der Waals surface area contributed by atoms with E-state index in [0.717, 1.165) is 28.9 Å². The Morgan fingerprint density at radius 1 is 0.829 bits per heavy atom. The summed E-state index contributed by atoms with van der Waals surface area (Å²) >= 11 is 4.52. The maximum atomic E-state index is 4.52. The van der Waals surface area contributed by atoms with E-state index in [2.05, 4.69) is 134 Å². The quantitative estimate of drug-likeness (QED) is 0.262. The predicted octanol–water partition coefficient (Wildman–Crippen LogP) is 10.1. The van der Waals surface area contributed by atoms with Gasteiger partial charge in [0.05, 0.1) is 0 Å². The van der Waals surface area contributed by atoms with Gasteiger partial charge >= 0.3 is 0 Å². The average Bonchev–Trinajstić information content (AvgIpc) is 2.82. The van der Waals surface area contributed by atoms with E-state index in [4.69, 9.17) is 0 Å². The molecular weight excluding hydrogens is 440 g/mol. The largest absolute Gasteiger partial charge is 0.143 e. The van der Waals surface area contributed by atoms with E-state index in [1.165, 1.54) is 50.1 Å². The predicted molar refractivity (Wildman–Crippen MR) is 161 cm³/mol. The zero-order valence-corrected chi connectivity index (χ0v) is 23.8. The number of aryl methyl sites for hydroxylation is 4. The molecule has 1 heteroatoms. The normalized spacial score (nSPS) is 11.7. The lowest BCUT2D eigenvalue weighted by atomic mass is 9.98. The minimum absolute atomic E-state index is 0.935. The molecule has 0 fully saturated rings. The molecule has 0 bridgehead atoms. The van der Waals surface area contributed by atoms with Crippen molar-refractivity contribution < 1.29 is 0 Å². The Kier molecular flexibility index (Phi) is 10.9. The van der Waals surface area contributed by atoms with Crippen LogP contribution in [-0.2, 0) is 12.8 Å². The van der Waals surface area contributed by atoms with Crippen molar-refractivity contribution in [3.63, 3.8) is 0 Å². The first-order valence-electron chi connectivity index (χ1n) is 12.5. The molecule has 0 aliphatic rings. The molecule has 0 radical (unpaired) electrons. The van der Waals surface area contributed by atoms with Gasteiger partial charge in [-0.05, 0) is 117 Å². The van der Waals surface area contributed by atoms with Crippen molar-refractivity contribution in [2.75, 3.05) is 0 Å². The van der Waals surface area contributed by atoms with Gasteiger partial charge in [-0.15, -0.1) is 12.6 Å². The van der Waals surface area contributed by atoms with Gasteiger partial charge in [-0.2, -0.15) is 0 Å². The second kappa shape index (κ2) is 13.4. The molecule has 0 atom stereocenters. The molecule has 184 valence electrons. The minimum Gasteiger partial charge on any atom is -0.143 e. The molecule has 0 aliphatic carbocycles. The van der Waals surface area contributed by atoms with Gasteiger partial charge in [-0.3, -0.25) is 0 Å². The molecule has 0 saturated heterocycles. The third-order valence-electron chi connectivity index (χ3n) is 6.54. The molecule has 0 spiro atoms. The summed E-state index contributed by atoms with van der Waals surface area (Å²) in [7, 11) is 0. The first-order valence-corrected chi connectivity index (χ1v) is 12.9. The Balaban J connectivity index is 0.000000360. The molecule has 0 unspecified atom stereocenters. The van der Waals surface area contributed by atoms with E-state index >= 15 is 0 Å². The van der Waals surface area contributed by atoms with Crippen molar-refractivity contribution in [2.24, 2.45) is 0 Å². The van der Waals surface area contributed by atoms with Gasteiger partial charge in [0.2, 0.25) is 0 Å². The Labute approximate surface area is 219 Å². The minimum atomic E-state index is 0.935. The summed E-state index contributed by atoms with van der Waals surface area (Å²) in [4.78, 5) is 0.989. The maximum absolute atomic E-state index is 4.52. The van der Waals surface area contributed by atoms with Crippen molar-refractivity contribution in [3.8, 4) is 0 Å². The summed E-state index contributed by atoms with van der Waals surface area (Å²) < 4.78 is 0. The van der Waals surface area contributed by atoms with Crippen molar-refractivity contribution >= 4 is 23.8 Å². The highest BCUT2D eigenvalue weighted by molar-refractivity contribution is 7.80. The van der Waals surface area contributed by atoms with E-state index in [1.54, 1.807) is 0 Å². The smallest absolute Gasteiger partial charge is 0.0115 e. The zero-order chi connectivity index (χ0) is 26.1. The molecule has 0 heterocycles. The van der Waals surface area contributed by atoms with Gasteiger partial charge < -0.3 is 0 Å². The number of thiol groups is 1. The van der Waals surface area contributed by atoms with Gasteiger partial charge in [-0.1, -0.05) is 85.3 Å². The van der Waals surface area contributed by atoms with E-state index in [1.807, 2.05) is 6.92 Å². The van der Waals surface area contributed by atoms with Crippen LogP contribution >= 0.6 is 12.6 Å². The first-order chi connectivity index (χ1) is 16.5. The van der Waals surface area contributed by atoms with Crippen molar-refractivity contribution in [3.05, 3.63) is 123 Å². The summed E-state index contributed by atoms with van der Waals surface area (Å²) in [6.07, 6.45) is 6.54. The summed E-state index contributed by atoms with van der Waals surface area (Å²) in [6.45, 7) is 21.3. The van der Waals surface area contributed by atoms with Crippen LogP contribution in [0.5, 0.6) is 0 Å².